The summed E-state index contributed by atoms with van der Waals surface area (Å²) in [5.74, 6) is 1.00. The molecule has 1 aliphatic heterocycles. The van der Waals surface area contributed by atoms with Gasteiger partial charge in [-0.05, 0) is 61.6 Å². The third kappa shape index (κ3) is 3.42. The lowest BCUT2D eigenvalue weighted by molar-refractivity contribution is 0.309. The van der Waals surface area contributed by atoms with Crippen LogP contribution in [0.3, 0.4) is 0 Å². The van der Waals surface area contributed by atoms with Gasteiger partial charge in [-0.1, -0.05) is 30.3 Å². The summed E-state index contributed by atoms with van der Waals surface area (Å²) in [5.41, 5.74) is 6.89. The van der Waals surface area contributed by atoms with Gasteiger partial charge >= 0.3 is 0 Å². The van der Waals surface area contributed by atoms with Crippen molar-refractivity contribution in [3.63, 3.8) is 0 Å². The summed E-state index contributed by atoms with van der Waals surface area (Å²) in [6, 6.07) is 14.9. The highest BCUT2D eigenvalue weighted by Gasteiger charge is 2.16. The zero-order valence-electron chi connectivity index (χ0n) is 14.9. The molecule has 0 bridgehead atoms. The van der Waals surface area contributed by atoms with Crippen LogP contribution in [0.1, 0.15) is 28.8 Å². The van der Waals surface area contributed by atoms with Crippen molar-refractivity contribution in [3.05, 3.63) is 64.8 Å². The fourth-order valence-corrected chi connectivity index (χ4v) is 3.86. The van der Waals surface area contributed by atoms with E-state index in [1.54, 1.807) is 0 Å². The zero-order valence-corrected chi connectivity index (χ0v) is 14.9. The molecule has 3 nitrogen and oxygen atoms in total. The van der Waals surface area contributed by atoms with Gasteiger partial charge in [0.2, 0.25) is 0 Å². The van der Waals surface area contributed by atoms with Gasteiger partial charge in [0.25, 0.3) is 0 Å². The molecule has 0 fully saturated rings. The first-order valence-electron chi connectivity index (χ1n) is 9.33. The largest absolute Gasteiger partial charge is 0.493 e. The Bertz CT molecular complexity index is 866. The van der Waals surface area contributed by atoms with E-state index in [0.717, 1.165) is 51.1 Å². The minimum absolute atomic E-state index is 0.759. The summed E-state index contributed by atoms with van der Waals surface area (Å²) in [6.45, 7) is 5.00. The van der Waals surface area contributed by atoms with Crippen molar-refractivity contribution in [2.24, 2.45) is 0 Å². The molecule has 2 aromatic carbocycles. The SMILES string of the molecule is Cc1ccccc1OCCCc1cccc2[nH]c3c(c12)CCNCC3. The predicted octanol–water partition coefficient (Wildman–Crippen LogP) is 4.18. The molecule has 25 heavy (non-hydrogen) atoms. The molecule has 1 aromatic heterocycles. The van der Waals surface area contributed by atoms with Gasteiger partial charge in [-0.2, -0.15) is 0 Å². The van der Waals surface area contributed by atoms with Crippen molar-refractivity contribution < 1.29 is 4.74 Å². The van der Waals surface area contributed by atoms with Crippen molar-refractivity contribution in [1.82, 2.24) is 10.3 Å². The molecule has 2 N–H and O–H groups in total. The Labute approximate surface area is 149 Å². The van der Waals surface area contributed by atoms with Crippen LogP contribution in [0.5, 0.6) is 5.75 Å². The van der Waals surface area contributed by atoms with E-state index in [0.29, 0.717) is 0 Å². The highest BCUT2D eigenvalue weighted by atomic mass is 16.5. The molecule has 1 aliphatic rings. The number of hydrogen-bond acceptors (Lipinski definition) is 2. The van der Waals surface area contributed by atoms with Crippen LogP contribution >= 0.6 is 0 Å². The topological polar surface area (TPSA) is 37.0 Å². The summed E-state index contributed by atoms with van der Waals surface area (Å²) in [7, 11) is 0. The fourth-order valence-electron chi connectivity index (χ4n) is 3.86. The first-order chi connectivity index (χ1) is 12.3. The van der Waals surface area contributed by atoms with E-state index in [1.165, 1.54) is 33.3 Å². The van der Waals surface area contributed by atoms with Gasteiger partial charge in [0.15, 0.2) is 0 Å². The summed E-state index contributed by atoms with van der Waals surface area (Å²) >= 11 is 0. The number of hydrogen-bond donors (Lipinski definition) is 2. The fraction of sp³-hybridized carbons (Fsp3) is 0.364. The second kappa shape index (κ2) is 7.32. The summed E-state index contributed by atoms with van der Waals surface area (Å²) in [4.78, 5) is 3.65. The number of nitrogens with one attached hydrogen (secondary N) is 2. The van der Waals surface area contributed by atoms with E-state index in [9.17, 15) is 0 Å². The van der Waals surface area contributed by atoms with E-state index < -0.39 is 0 Å². The molecule has 0 aliphatic carbocycles. The molecule has 4 rings (SSSR count). The van der Waals surface area contributed by atoms with Crippen LogP contribution in [0.25, 0.3) is 10.9 Å². The van der Waals surface area contributed by atoms with Gasteiger partial charge in [-0.15, -0.1) is 0 Å². The Morgan fingerprint density at radius 3 is 2.80 bits per heavy atom. The molecule has 0 saturated heterocycles. The second-order valence-electron chi connectivity index (χ2n) is 6.89. The highest BCUT2D eigenvalue weighted by Crippen LogP contribution is 2.28. The first kappa shape index (κ1) is 16.2. The second-order valence-corrected chi connectivity index (χ2v) is 6.89. The normalized spacial score (nSPS) is 14.3. The summed E-state index contributed by atoms with van der Waals surface area (Å²) in [5, 5.41) is 4.96. The van der Waals surface area contributed by atoms with Crippen molar-refractivity contribution in [2.75, 3.05) is 19.7 Å². The van der Waals surface area contributed by atoms with E-state index >= 15 is 0 Å². The van der Waals surface area contributed by atoms with Gasteiger partial charge < -0.3 is 15.0 Å². The monoisotopic (exact) mass is 334 g/mol. The number of aryl methyl sites for hydroxylation is 2. The number of rotatable bonds is 5. The van der Waals surface area contributed by atoms with Crippen LogP contribution in [-0.4, -0.2) is 24.7 Å². The maximum absolute atomic E-state index is 5.97. The van der Waals surface area contributed by atoms with Gasteiger partial charge in [-0.25, -0.2) is 0 Å². The van der Waals surface area contributed by atoms with Crippen molar-refractivity contribution in [1.29, 1.82) is 0 Å². The molecule has 0 spiro atoms. The molecular formula is C22H26N2O. The van der Waals surface area contributed by atoms with E-state index in [1.807, 2.05) is 6.07 Å². The van der Waals surface area contributed by atoms with Crippen molar-refractivity contribution in [3.8, 4) is 5.75 Å². The average molecular weight is 334 g/mol. The van der Waals surface area contributed by atoms with Gasteiger partial charge in [0, 0.05) is 29.6 Å². The Morgan fingerprint density at radius 2 is 1.88 bits per heavy atom. The third-order valence-corrected chi connectivity index (χ3v) is 5.15. The predicted molar refractivity (Wildman–Crippen MR) is 104 cm³/mol. The highest BCUT2D eigenvalue weighted by molar-refractivity contribution is 5.88. The number of fused-ring (bicyclic) bond motifs is 3. The van der Waals surface area contributed by atoms with Crippen LogP contribution in [-0.2, 0) is 19.3 Å². The maximum atomic E-state index is 5.97. The van der Waals surface area contributed by atoms with Crippen molar-refractivity contribution >= 4 is 10.9 Å². The van der Waals surface area contributed by atoms with Crippen LogP contribution in [0.15, 0.2) is 42.5 Å². The Morgan fingerprint density at radius 1 is 1.00 bits per heavy atom. The van der Waals surface area contributed by atoms with Crippen LogP contribution in [0, 0.1) is 6.92 Å². The molecule has 3 heteroatoms. The minimum Gasteiger partial charge on any atom is -0.493 e. The number of ether oxygens (including phenoxy) is 1. The lowest BCUT2D eigenvalue weighted by Gasteiger charge is -2.10. The molecule has 0 amide bonds. The first-order valence-corrected chi connectivity index (χ1v) is 9.33. The molecule has 130 valence electrons. The molecular weight excluding hydrogens is 308 g/mol. The third-order valence-electron chi connectivity index (χ3n) is 5.15. The Hall–Kier alpha value is -2.26. The number of aromatic amines is 1. The summed E-state index contributed by atoms with van der Waals surface area (Å²) < 4.78 is 5.97. The van der Waals surface area contributed by atoms with E-state index in [4.69, 9.17) is 4.74 Å². The molecule has 2 heterocycles. The standard InChI is InChI=1S/C22H26N2O/c1-16-6-2-3-10-21(16)25-15-5-8-17-7-4-9-20-22(17)18-11-13-23-14-12-19(18)24-20/h2-4,6-7,9-10,23-24H,5,8,11-15H2,1H3. The van der Waals surface area contributed by atoms with Crippen molar-refractivity contribution in [2.45, 2.75) is 32.6 Å². The quantitative estimate of drug-likeness (QED) is 0.687. The average Bonchev–Trinajstić information content (AvgIpc) is 2.82. The van der Waals surface area contributed by atoms with Crippen LogP contribution in [0.4, 0.5) is 0 Å². The van der Waals surface area contributed by atoms with Gasteiger partial charge in [0.1, 0.15) is 5.75 Å². The number of aromatic nitrogens is 1. The zero-order chi connectivity index (χ0) is 17.1. The smallest absolute Gasteiger partial charge is 0.122 e. The minimum atomic E-state index is 0.759. The van der Waals surface area contributed by atoms with Crippen LogP contribution in [0.2, 0.25) is 0 Å². The Balaban J connectivity index is 1.48. The molecule has 3 aromatic rings. The van der Waals surface area contributed by atoms with E-state index in [2.05, 4.69) is 53.6 Å². The van der Waals surface area contributed by atoms with Gasteiger partial charge in [-0.3, -0.25) is 0 Å². The molecule has 0 atom stereocenters. The number of para-hydroxylation sites is 1. The number of H-pyrrole nitrogens is 1. The van der Waals surface area contributed by atoms with Gasteiger partial charge in [0.05, 0.1) is 6.61 Å². The van der Waals surface area contributed by atoms with Crippen LogP contribution < -0.4 is 10.1 Å². The Kier molecular flexibility index (Phi) is 4.75. The lowest BCUT2D eigenvalue weighted by atomic mass is 9.99. The summed E-state index contributed by atoms with van der Waals surface area (Å²) in [6.07, 6.45) is 4.30. The molecule has 0 unspecified atom stereocenters. The van der Waals surface area contributed by atoms with E-state index in [-0.39, 0.29) is 0 Å². The number of benzene rings is 2. The maximum Gasteiger partial charge on any atom is 0.122 e. The molecule has 0 saturated carbocycles. The molecule has 0 radical (unpaired) electrons. The lowest BCUT2D eigenvalue weighted by Crippen LogP contribution is -2.16.